The van der Waals surface area contributed by atoms with Crippen LogP contribution in [0.3, 0.4) is 0 Å². The summed E-state index contributed by atoms with van der Waals surface area (Å²) < 4.78 is 1.55. The molecule has 0 radical (unpaired) electrons. The van der Waals surface area contributed by atoms with Gasteiger partial charge in [0.15, 0.2) is 0 Å². The molecule has 0 aliphatic rings. The number of anilines is 1. The second-order valence-electron chi connectivity index (χ2n) is 2.57. The summed E-state index contributed by atoms with van der Waals surface area (Å²) in [4.78, 5) is 14.8. The van der Waals surface area contributed by atoms with E-state index in [4.69, 9.17) is 5.73 Å². The van der Waals surface area contributed by atoms with E-state index in [-0.39, 0.29) is 5.69 Å². The number of hydrogen-bond donors (Lipinski definition) is 1. The van der Waals surface area contributed by atoms with Gasteiger partial charge in [-0.2, -0.15) is 4.98 Å². The molecule has 0 unspecified atom stereocenters. The van der Waals surface area contributed by atoms with Gasteiger partial charge in [-0.15, -0.1) is 0 Å². The molecule has 4 heteroatoms. The highest BCUT2D eigenvalue weighted by atomic mass is 16.1. The van der Waals surface area contributed by atoms with Crippen molar-refractivity contribution in [1.82, 2.24) is 9.55 Å². The van der Waals surface area contributed by atoms with Gasteiger partial charge >= 0.3 is 5.69 Å². The fourth-order valence-corrected chi connectivity index (χ4v) is 1.05. The minimum absolute atomic E-state index is 0.271. The second kappa shape index (κ2) is 3.38. The Morgan fingerprint density at radius 2 is 2.25 bits per heavy atom. The predicted octanol–water partition coefficient (Wildman–Crippen LogP) is 0.408. The third-order valence-electron chi connectivity index (χ3n) is 1.82. The Morgan fingerprint density at radius 1 is 1.58 bits per heavy atom. The van der Waals surface area contributed by atoms with Crippen LogP contribution in [-0.4, -0.2) is 9.55 Å². The molecular weight excluding hydrogens is 154 g/mol. The maximum absolute atomic E-state index is 11.1. The average molecular weight is 167 g/mol. The van der Waals surface area contributed by atoms with Gasteiger partial charge in [-0.25, -0.2) is 4.79 Å². The third-order valence-corrected chi connectivity index (χ3v) is 1.82. The first-order valence-electron chi connectivity index (χ1n) is 4.04. The number of rotatable bonds is 2. The number of nitrogens with zero attached hydrogens (tertiary/aromatic N) is 2. The molecule has 1 rings (SSSR count). The van der Waals surface area contributed by atoms with Crippen LogP contribution in [0, 0.1) is 0 Å². The highest BCUT2D eigenvalue weighted by Gasteiger charge is 2.01. The molecule has 0 atom stereocenters. The lowest BCUT2D eigenvalue weighted by Crippen LogP contribution is -2.23. The van der Waals surface area contributed by atoms with Crippen LogP contribution in [0.4, 0.5) is 5.82 Å². The summed E-state index contributed by atoms with van der Waals surface area (Å²) in [7, 11) is 0. The summed E-state index contributed by atoms with van der Waals surface area (Å²) in [5.74, 6) is 0.354. The molecule has 0 aliphatic heterocycles. The van der Waals surface area contributed by atoms with Crippen molar-refractivity contribution in [3.05, 3.63) is 22.2 Å². The van der Waals surface area contributed by atoms with Crippen molar-refractivity contribution in [2.24, 2.45) is 0 Å². The molecule has 2 N–H and O–H groups in total. The number of hydrogen-bond acceptors (Lipinski definition) is 3. The molecule has 0 saturated heterocycles. The molecule has 4 nitrogen and oxygen atoms in total. The van der Waals surface area contributed by atoms with Crippen LogP contribution >= 0.6 is 0 Å². The lowest BCUT2D eigenvalue weighted by atomic mass is 10.2. The smallest absolute Gasteiger partial charge is 0.349 e. The highest BCUT2D eigenvalue weighted by Crippen LogP contribution is 2.04. The summed E-state index contributed by atoms with van der Waals surface area (Å²) in [5, 5.41) is 0. The van der Waals surface area contributed by atoms with Gasteiger partial charge in [-0.1, -0.05) is 6.92 Å². The van der Waals surface area contributed by atoms with E-state index in [2.05, 4.69) is 4.98 Å². The number of aromatic nitrogens is 2. The van der Waals surface area contributed by atoms with Crippen molar-refractivity contribution in [3.63, 3.8) is 0 Å². The molecule has 0 aliphatic carbocycles. The first-order valence-corrected chi connectivity index (χ1v) is 4.04. The van der Waals surface area contributed by atoms with Gasteiger partial charge in [0.2, 0.25) is 0 Å². The van der Waals surface area contributed by atoms with Crippen molar-refractivity contribution in [2.75, 3.05) is 5.73 Å². The molecule has 1 aromatic rings. The minimum atomic E-state index is -0.271. The molecule has 0 amide bonds. The molecule has 0 aromatic carbocycles. The van der Waals surface area contributed by atoms with Crippen LogP contribution in [-0.2, 0) is 13.0 Å². The van der Waals surface area contributed by atoms with Crippen LogP contribution < -0.4 is 11.4 Å². The van der Waals surface area contributed by atoms with Gasteiger partial charge in [0, 0.05) is 18.3 Å². The SMILES string of the molecule is CCc1cn(CC)c(=O)nc1N. The van der Waals surface area contributed by atoms with Gasteiger partial charge in [0.05, 0.1) is 0 Å². The summed E-state index contributed by atoms with van der Waals surface area (Å²) in [6, 6.07) is 0. The molecular formula is C8H13N3O. The highest BCUT2D eigenvalue weighted by molar-refractivity contribution is 5.36. The zero-order chi connectivity index (χ0) is 9.14. The minimum Gasteiger partial charge on any atom is -0.383 e. The molecule has 12 heavy (non-hydrogen) atoms. The quantitative estimate of drug-likeness (QED) is 0.693. The Labute approximate surface area is 71.0 Å². The molecule has 1 aromatic heterocycles. The topological polar surface area (TPSA) is 60.9 Å². The van der Waals surface area contributed by atoms with E-state index in [0.717, 1.165) is 12.0 Å². The van der Waals surface area contributed by atoms with E-state index in [1.807, 2.05) is 13.8 Å². The van der Waals surface area contributed by atoms with Gasteiger partial charge < -0.3 is 5.73 Å². The van der Waals surface area contributed by atoms with Crippen LogP contribution in [0.5, 0.6) is 0 Å². The summed E-state index contributed by atoms with van der Waals surface area (Å²) in [6.07, 6.45) is 2.57. The lowest BCUT2D eigenvalue weighted by molar-refractivity contribution is 0.692. The lowest BCUT2D eigenvalue weighted by Gasteiger charge is -2.05. The van der Waals surface area contributed by atoms with E-state index in [9.17, 15) is 4.79 Å². The number of aryl methyl sites for hydroxylation is 2. The van der Waals surface area contributed by atoms with Crippen molar-refractivity contribution < 1.29 is 0 Å². The van der Waals surface area contributed by atoms with Gasteiger partial charge in [-0.05, 0) is 13.3 Å². The fourth-order valence-electron chi connectivity index (χ4n) is 1.05. The standard InChI is InChI=1S/C8H13N3O/c1-3-6-5-11(4-2)8(12)10-7(6)9/h5H,3-4H2,1-2H3,(H2,9,10,12). The molecule has 1 heterocycles. The first-order chi connectivity index (χ1) is 5.69. The van der Waals surface area contributed by atoms with E-state index < -0.39 is 0 Å². The van der Waals surface area contributed by atoms with Crippen LogP contribution in [0.25, 0.3) is 0 Å². The van der Waals surface area contributed by atoms with Crippen molar-refractivity contribution in [1.29, 1.82) is 0 Å². The predicted molar refractivity (Wildman–Crippen MR) is 48.0 cm³/mol. The maximum atomic E-state index is 11.1. The van der Waals surface area contributed by atoms with E-state index in [1.165, 1.54) is 0 Å². The Balaban J connectivity index is 3.27. The monoisotopic (exact) mass is 167 g/mol. The first kappa shape index (κ1) is 8.77. The second-order valence-corrected chi connectivity index (χ2v) is 2.57. The van der Waals surface area contributed by atoms with E-state index >= 15 is 0 Å². The maximum Gasteiger partial charge on any atom is 0.349 e. The Hall–Kier alpha value is -1.32. The zero-order valence-electron chi connectivity index (χ0n) is 7.37. The Bertz CT molecular complexity index is 330. The van der Waals surface area contributed by atoms with Gasteiger partial charge in [0.25, 0.3) is 0 Å². The van der Waals surface area contributed by atoms with Crippen LogP contribution in [0.1, 0.15) is 19.4 Å². The van der Waals surface area contributed by atoms with Crippen molar-refractivity contribution in [3.8, 4) is 0 Å². The Kier molecular flexibility index (Phi) is 2.47. The van der Waals surface area contributed by atoms with E-state index in [0.29, 0.717) is 12.4 Å². The van der Waals surface area contributed by atoms with Crippen molar-refractivity contribution in [2.45, 2.75) is 26.8 Å². The van der Waals surface area contributed by atoms with Crippen molar-refractivity contribution >= 4 is 5.82 Å². The molecule has 0 saturated carbocycles. The largest absolute Gasteiger partial charge is 0.383 e. The fraction of sp³-hybridized carbons (Fsp3) is 0.500. The molecule has 0 bridgehead atoms. The molecule has 0 fully saturated rings. The zero-order valence-corrected chi connectivity index (χ0v) is 7.37. The average Bonchev–Trinajstić information content (AvgIpc) is 2.05. The van der Waals surface area contributed by atoms with E-state index in [1.54, 1.807) is 10.8 Å². The summed E-state index contributed by atoms with van der Waals surface area (Å²) >= 11 is 0. The van der Waals surface area contributed by atoms with Gasteiger partial charge in [0.1, 0.15) is 5.82 Å². The normalized spacial score (nSPS) is 10.2. The number of nitrogen functional groups attached to an aromatic ring is 1. The Morgan fingerprint density at radius 3 is 2.75 bits per heavy atom. The number of nitrogens with two attached hydrogens (primary N) is 1. The van der Waals surface area contributed by atoms with Crippen LogP contribution in [0.15, 0.2) is 11.0 Å². The molecule has 0 spiro atoms. The summed E-state index contributed by atoms with van der Waals surface area (Å²) in [6.45, 7) is 4.52. The van der Waals surface area contributed by atoms with Crippen LogP contribution in [0.2, 0.25) is 0 Å². The summed E-state index contributed by atoms with van der Waals surface area (Å²) in [5.41, 5.74) is 6.19. The third kappa shape index (κ3) is 1.47. The van der Waals surface area contributed by atoms with Gasteiger partial charge in [-0.3, -0.25) is 4.57 Å². The molecule has 66 valence electrons.